The topological polar surface area (TPSA) is 37.5 Å². The number of nitrogens with zero attached hydrogens (tertiary/aromatic N) is 1. The highest BCUT2D eigenvalue weighted by atomic mass is 35.5. The highest BCUT2D eigenvalue weighted by Gasteiger charge is 2.35. The van der Waals surface area contributed by atoms with Crippen LogP contribution in [0.25, 0.3) is 10.9 Å². The lowest BCUT2D eigenvalue weighted by Gasteiger charge is -2.40. The van der Waals surface area contributed by atoms with Crippen LogP contribution in [0, 0.1) is 0 Å². The predicted molar refractivity (Wildman–Crippen MR) is 96.4 cm³/mol. The number of aromatic amines is 1. The molecule has 0 saturated heterocycles. The van der Waals surface area contributed by atoms with Crippen molar-refractivity contribution in [2.75, 3.05) is 13.3 Å². The van der Waals surface area contributed by atoms with Gasteiger partial charge in [0.2, 0.25) is 6.79 Å². The molecule has 6 rings (SSSR count). The summed E-state index contributed by atoms with van der Waals surface area (Å²) < 4.78 is 11.2. The van der Waals surface area contributed by atoms with E-state index in [9.17, 15) is 0 Å². The minimum absolute atomic E-state index is 0.328. The maximum atomic E-state index is 6.52. The lowest BCUT2D eigenvalue weighted by Crippen LogP contribution is -2.39. The van der Waals surface area contributed by atoms with E-state index in [1.807, 2.05) is 12.1 Å². The van der Waals surface area contributed by atoms with E-state index < -0.39 is 0 Å². The van der Waals surface area contributed by atoms with Gasteiger partial charge in [-0.15, -0.1) is 0 Å². The van der Waals surface area contributed by atoms with Crippen LogP contribution in [0.3, 0.4) is 0 Å². The molecular weight excluding hydrogens is 336 g/mol. The number of halogens is 1. The van der Waals surface area contributed by atoms with Crippen LogP contribution in [0.5, 0.6) is 11.5 Å². The lowest BCUT2D eigenvalue weighted by molar-refractivity contribution is 0.159. The first-order valence-corrected chi connectivity index (χ1v) is 9.10. The van der Waals surface area contributed by atoms with Gasteiger partial charge in [-0.25, -0.2) is 0 Å². The zero-order chi connectivity index (χ0) is 16.5. The van der Waals surface area contributed by atoms with Crippen LogP contribution in [0.1, 0.15) is 28.4 Å². The molecule has 0 fully saturated rings. The van der Waals surface area contributed by atoms with Crippen LogP contribution in [-0.2, 0) is 19.4 Å². The number of aromatic nitrogens is 1. The van der Waals surface area contributed by atoms with Gasteiger partial charge in [-0.2, -0.15) is 0 Å². The Morgan fingerprint density at radius 1 is 1.16 bits per heavy atom. The third-order valence-electron chi connectivity index (χ3n) is 5.83. The summed E-state index contributed by atoms with van der Waals surface area (Å²) in [5.74, 6) is 1.77. The summed E-state index contributed by atoms with van der Waals surface area (Å²) in [6.45, 7) is 2.34. The zero-order valence-corrected chi connectivity index (χ0v) is 14.4. The van der Waals surface area contributed by atoms with Gasteiger partial charge in [-0.3, -0.25) is 4.90 Å². The van der Waals surface area contributed by atoms with Crippen molar-refractivity contribution in [2.24, 2.45) is 0 Å². The number of ether oxygens (including phenoxy) is 2. The predicted octanol–water partition coefficient (Wildman–Crippen LogP) is 4.21. The molecule has 5 heteroatoms. The van der Waals surface area contributed by atoms with Crippen molar-refractivity contribution >= 4 is 22.5 Å². The number of benzene rings is 2. The minimum atomic E-state index is 0.328. The van der Waals surface area contributed by atoms with E-state index in [2.05, 4.69) is 28.1 Å². The number of fused-ring (bicyclic) bond motifs is 7. The van der Waals surface area contributed by atoms with E-state index in [0.717, 1.165) is 48.0 Å². The first-order chi connectivity index (χ1) is 12.3. The molecule has 2 aromatic carbocycles. The molecule has 25 heavy (non-hydrogen) atoms. The molecule has 1 N–H and O–H groups in total. The maximum absolute atomic E-state index is 6.52. The van der Waals surface area contributed by atoms with Gasteiger partial charge in [0.1, 0.15) is 0 Å². The van der Waals surface area contributed by atoms with Crippen LogP contribution in [-0.4, -0.2) is 23.2 Å². The Balaban J connectivity index is 1.50. The van der Waals surface area contributed by atoms with Gasteiger partial charge in [0, 0.05) is 35.7 Å². The summed E-state index contributed by atoms with van der Waals surface area (Å²) in [7, 11) is 0. The Labute approximate surface area is 150 Å². The minimum Gasteiger partial charge on any atom is -0.454 e. The van der Waals surface area contributed by atoms with Gasteiger partial charge in [-0.05, 0) is 53.8 Å². The van der Waals surface area contributed by atoms with Crippen LogP contribution in [0.2, 0.25) is 5.02 Å². The van der Waals surface area contributed by atoms with Gasteiger partial charge in [0.15, 0.2) is 11.5 Å². The summed E-state index contributed by atoms with van der Waals surface area (Å²) >= 11 is 6.52. The molecule has 0 spiro atoms. The summed E-state index contributed by atoms with van der Waals surface area (Å²) in [6.07, 6.45) is 2.03. The standard InChI is InChI=1S/C20H17ClN2O2/c21-14-2-1-3-15-20(14)13-7-17-12-8-19-18(24-10-25-19)6-11(12)4-5-23(17)9-16(13)22-15/h1-3,6,8,17,22H,4-5,7,9-10H2/t17-/m0/s1. The SMILES string of the molecule is Clc1cccc2[nH]c3c(c12)C[C@H]1c2cc4c(cc2CCN1C3)OCO4. The van der Waals surface area contributed by atoms with E-state index in [0.29, 0.717) is 12.8 Å². The fourth-order valence-corrected chi connectivity index (χ4v) is 4.94. The first kappa shape index (κ1) is 14.0. The molecule has 3 aromatic rings. The molecule has 0 bridgehead atoms. The highest BCUT2D eigenvalue weighted by molar-refractivity contribution is 6.35. The summed E-state index contributed by atoms with van der Waals surface area (Å²) in [5, 5.41) is 2.02. The van der Waals surface area contributed by atoms with Crippen molar-refractivity contribution in [1.29, 1.82) is 0 Å². The molecule has 3 aliphatic rings. The molecule has 0 amide bonds. The number of nitrogens with one attached hydrogen (secondary N) is 1. The second kappa shape index (κ2) is 4.93. The molecule has 4 heterocycles. The zero-order valence-electron chi connectivity index (χ0n) is 13.6. The smallest absolute Gasteiger partial charge is 0.231 e. The van der Waals surface area contributed by atoms with Crippen molar-refractivity contribution in [3.63, 3.8) is 0 Å². The molecule has 126 valence electrons. The first-order valence-electron chi connectivity index (χ1n) is 8.72. The van der Waals surface area contributed by atoms with E-state index in [4.69, 9.17) is 21.1 Å². The quantitative estimate of drug-likeness (QED) is 0.658. The van der Waals surface area contributed by atoms with Crippen molar-refractivity contribution in [3.05, 3.63) is 57.7 Å². The second-order valence-corrected chi connectivity index (χ2v) is 7.50. The largest absolute Gasteiger partial charge is 0.454 e. The van der Waals surface area contributed by atoms with E-state index >= 15 is 0 Å². The Morgan fingerprint density at radius 3 is 2.96 bits per heavy atom. The number of H-pyrrole nitrogens is 1. The maximum Gasteiger partial charge on any atom is 0.231 e. The van der Waals surface area contributed by atoms with Gasteiger partial charge >= 0.3 is 0 Å². The van der Waals surface area contributed by atoms with Gasteiger partial charge in [0.05, 0.1) is 5.02 Å². The Morgan fingerprint density at radius 2 is 2.04 bits per heavy atom. The highest BCUT2D eigenvalue weighted by Crippen LogP contribution is 2.45. The molecule has 1 atom stereocenters. The Hall–Kier alpha value is -2.17. The van der Waals surface area contributed by atoms with Crippen LogP contribution in [0.4, 0.5) is 0 Å². The molecule has 3 aliphatic heterocycles. The molecule has 0 radical (unpaired) electrons. The third kappa shape index (κ3) is 1.92. The molecule has 0 saturated carbocycles. The lowest BCUT2D eigenvalue weighted by atomic mass is 9.85. The fourth-order valence-electron chi connectivity index (χ4n) is 4.65. The molecule has 0 aliphatic carbocycles. The fraction of sp³-hybridized carbons (Fsp3) is 0.300. The van der Waals surface area contributed by atoms with Gasteiger partial charge < -0.3 is 14.5 Å². The van der Waals surface area contributed by atoms with E-state index in [1.54, 1.807) is 0 Å². The second-order valence-electron chi connectivity index (χ2n) is 7.09. The number of hydrogen-bond acceptors (Lipinski definition) is 3. The molecule has 4 nitrogen and oxygen atoms in total. The normalized spacial score (nSPS) is 21.1. The Kier molecular flexibility index (Phi) is 2.77. The van der Waals surface area contributed by atoms with Gasteiger partial charge in [-0.1, -0.05) is 17.7 Å². The van der Waals surface area contributed by atoms with Gasteiger partial charge in [0.25, 0.3) is 0 Å². The Bertz CT molecular complexity index is 1030. The van der Waals surface area contributed by atoms with Crippen LogP contribution in [0.15, 0.2) is 30.3 Å². The number of hydrogen-bond donors (Lipinski definition) is 1. The van der Waals surface area contributed by atoms with Crippen molar-refractivity contribution < 1.29 is 9.47 Å². The molecular formula is C20H17ClN2O2. The summed E-state index contributed by atoms with van der Waals surface area (Å²) in [5.41, 5.74) is 6.58. The number of rotatable bonds is 0. The van der Waals surface area contributed by atoms with Crippen molar-refractivity contribution in [3.8, 4) is 11.5 Å². The molecule has 0 unspecified atom stereocenters. The van der Waals surface area contributed by atoms with Crippen molar-refractivity contribution in [1.82, 2.24) is 9.88 Å². The summed E-state index contributed by atoms with van der Waals surface area (Å²) in [4.78, 5) is 6.15. The average molecular weight is 353 g/mol. The molecule has 1 aromatic heterocycles. The third-order valence-corrected chi connectivity index (χ3v) is 6.14. The average Bonchev–Trinajstić information content (AvgIpc) is 3.22. The van der Waals surface area contributed by atoms with E-state index in [-0.39, 0.29) is 0 Å². The monoisotopic (exact) mass is 352 g/mol. The van der Waals surface area contributed by atoms with Crippen LogP contribution >= 0.6 is 11.6 Å². The summed E-state index contributed by atoms with van der Waals surface area (Å²) in [6, 6.07) is 10.8. The van der Waals surface area contributed by atoms with E-state index in [1.165, 1.54) is 27.8 Å². The van der Waals surface area contributed by atoms with Crippen LogP contribution < -0.4 is 9.47 Å². The van der Waals surface area contributed by atoms with Crippen molar-refractivity contribution in [2.45, 2.75) is 25.4 Å².